The summed E-state index contributed by atoms with van der Waals surface area (Å²) in [5.74, 6) is 0.268. The van der Waals surface area contributed by atoms with E-state index in [4.69, 9.17) is 10.5 Å². The van der Waals surface area contributed by atoms with Crippen molar-refractivity contribution >= 4 is 11.8 Å². The monoisotopic (exact) mass is 346 g/mol. The average Bonchev–Trinajstić information content (AvgIpc) is 3.26. The van der Waals surface area contributed by atoms with Crippen LogP contribution in [0.4, 0.5) is 0 Å². The van der Waals surface area contributed by atoms with Crippen molar-refractivity contribution in [3.05, 3.63) is 22.9 Å². The number of pyridine rings is 1. The van der Waals surface area contributed by atoms with E-state index in [2.05, 4.69) is 10.3 Å². The Morgan fingerprint density at radius 2 is 2.20 bits per heavy atom. The third-order valence-electron chi connectivity index (χ3n) is 5.14. The number of hydrogen-bond acceptors (Lipinski definition) is 5. The second-order valence-corrected chi connectivity index (χ2v) is 6.75. The first-order chi connectivity index (χ1) is 12.0. The van der Waals surface area contributed by atoms with Gasteiger partial charge in [0.25, 0.3) is 5.91 Å². The number of methoxy groups -OCH3 is 1. The highest BCUT2D eigenvalue weighted by molar-refractivity contribution is 5.98. The molecule has 1 aromatic rings. The fourth-order valence-corrected chi connectivity index (χ4v) is 3.58. The predicted octanol–water partition coefficient (Wildman–Crippen LogP) is 1.34. The van der Waals surface area contributed by atoms with E-state index >= 15 is 0 Å². The highest BCUT2D eigenvalue weighted by atomic mass is 16.5. The van der Waals surface area contributed by atoms with Gasteiger partial charge in [0, 0.05) is 18.2 Å². The third kappa shape index (κ3) is 3.46. The fraction of sp³-hybridized carbons (Fsp3) is 0.611. The summed E-state index contributed by atoms with van der Waals surface area (Å²) in [5, 5.41) is 2.79. The van der Waals surface area contributed by atoms with Crippen molar-refractivity contribution in [2.45, 2.75) is 64.2 Å². The van der Waals surface area contributed by atoms with Gasteiger partial charge in [0.2, 0.25) is 11.8 Å². The van der Waals surface area contributed by atoms with E-state index in [0.717, 1.165) is 18.5 Å². The number of aromatic nitrogens is 1. The summed E-state index contributed by atoms with van der Waals surface area (Å²) in [4.78, 5) is 31.1. The summed E-state index contributed by atoms with van der Waals surface area (Å²) in [5.41, 5.74) is 7.81. The summed E-state index contributed by atoms with van der Waals surface area (Å²) in [6, 6.07) is 1.59. The van der Waals surface area contributed by atoms with E-state index in [1.807, 2.05) is 11.8 Å². The largest absolute Gasteiger partial charge is 0.481 e. The zero-order valence-corrected chi connectivity index (χ0v) is 14.9. The van der Waals surface area contributed by atoms with Crippen LogP contribution >= 0.6 is 0 Å². The zero-order valence-electron chi connectivity index (χ0n) is 14.9. The molecule has 2 amide bonds. The van der Waals surface area contributed by atoms with Crippen molar-refractivity contribution in [3.8, 4) is 5.88 Å². The van der Waals surface area contributed by atoms with Crippen molar-refractivity contribution in [2.75, 3.05) is 7.11 Å². The lowest BCUT2D eigenvalue weighted by Gasteiger charge is -2.22. The molecule has 0 bridgehead atoms. The van der Waals surface area contributed by atoms with Crippen LogP contribution in [0.5, 0.6) is 5.88 Å². The lowest BCUT2D eigenvalue weighted by atomic mass is 10.1. The van der Waals surface area contributed by atoms with Crippen LogP contribution in [0.2, 0.25) is 0 Å². The van der Waals surface area contributed by atoms with Gasteiger partial charge in [-0.15, -0.1) is 0 Å². The SMILES string of the molecule is CC[C@H](N)C(=O)NCc1cc2c(nc1OC)CN(C1CCCC1)C2=O. The average molecular weight is 346 g/mol. The number of carbonyl (C=O) groups excluding carboxylic acids is 2. The minimum Gasteiger partial charge on any atom is -0.481 e. The molecule has 3 rings (SSSR count). The Kier molecular flexibility index (Phi) is 5.22. The first-order valence-corrected chi connectivity index (χ1v) is 8.96. The van der Waals surface area contributed by atoms with Gasteiger partial charge in [-0.2, -0.15) is 0 Å². The molecule has 7 heteroatoms. The van der Waals surface area contributed by atoms with Crippen LogP contribution in [0.1, 0.15) is 60.6 Å². The second kappa shape index (κ2) is 7.39. The number of nitrogens with one attached hydrogen (secondary N) is 1. The molecule has 0 saturated heterocycles. The first-order valence-electron chi connectivity index (χ1n) is 8.96. The van der Waals surface area contributed by atoms with E-state index in [-0.39, 0.29) is 18.4 Å². The molecular weight excluding hydrogens is 320 g/mol. The highest BCUT2D eigenvalue weighted by Crippen LogP contribution is 2.33. The smallest absolute Gasteiger partial charge is 0.256 e. The molecule has 2 heterocycles. The molecule has 1 saturated carbocycles. The Morgan fingerprint density at radius 3 is 2.84 bits per heavy atom. The van der Waals surface area contributed by atoms with Crippen LogP contribution in [-0.2, 0) is 17.9 Å². The van der Waals surface area contributed by atoms with Gasteiger partial charge in [0.15, 0.2) is 0 Å². The number of fused-ring (bicyclic) bond motifs is 1. The number of amides is 2. The van der Waals surface area contributed by atoms with Crippen molar-refractivity contribution in [2.24, 2.45) is 5.73 Å². The summed E-state index contributed by atoms with van der Waals surface area (Å²) < 4.78 is 5.36. The van der Waals surface area contributed by atoms with Gasteiger partial charge in [-0.3, -0.25) is 9.59 Å². The Labute approximate surface area is 147 Å². The summed E-state index contributed by atoms with van der Waals surface area (Å²) in [6.45, 7) is 2.65. The van der Waals surface area contributed by atoms with Gasteiger partial charge in [-0.1, -0.05) is 19.8 Å². The molecule has 1 atom stereocenters. The van der Waals surface area contributed by atoms with Crippen LogP contribution in [-0.4, -0.2) is 40.9 Å². The first kappa shape index (κ1) is 17.7. The van der Waals surface area contributed by atoms with Gasteiger partial charge in [0.05, 0.1) is 31.0 Å². The summed E-state index contributed by atoms with van der Waals surface area (Å²) >= 11 is 0. The standard InChI is InChI=1S/C18H26N4O3/c1-3-14(19)16(23)20-9-11-8-13-15(21-17(11)25-2)10-22(18(13)24)12-6-4-5-7-12/h8,12,14H,3-7,9-10,19H2,1-2H3,(H,20,23)/t14-/m0/s1. The van der Waals surface area contributed by atoms with Crippen LogP contribution in [0.25, 0.3) is 0 Å². The number of rotatable bonds is 6. The number of nitrogens with two attached hydrogens (primary N) is 1. The highest BCUT2D eigenvalue weighted by Gasteiger charge is 2.35. The Morgan fingerprint density at radius 1 is 1.48 bits per heavy atom. The lowest BCUT2D eigenvalue weighted by Crippen LogP contribution is -2.39. The molecule has 2 aliphatic rings. The third-order valence-corrected chi connectivity index (χ3v) is 5.14. The van der Waals surface area contributed by atoms with Gasteiger partial charge in [-0.05, 0) is 25.3 Å². The normalized spacial score (nSPS) is 18.4. The molecule has 7 nitrogen and oxygen atoms in total. The maximum Gasteiger partial charge on any atom is 0.256 e. The van der Waals surface area contributed by atoms with Crippen molar-refractivity contribution in [1.29, 1.82) is 0 Å². The van der Waals surface area contributed by atoms with E-state index in [1.165, 1.54) is 12.8 Å². The summed E-state index contributed by atoms with van der Waals surface area (Å²) in [7, 11) is 1.54. The molecule has 0 unspecified atom stereocenters. The number of nitrogens with zero attached hydrogens (tertiary/aromatic N) is 2. The van der Waals surface area contributed by atoms with Crippen molar-refractivity contribution < 1.29 is 14.3 Å². The zero-order chi connectivity index (χ0) is 18.0. The van der Waals surface area contributed by atoms with Crippen molar-refractivity contribution in [3.63, 3.8) is 0 Å². The number of hydrogen-bond donors (Lipinski definition) is 2. The molecule has 1 fully saturated rings. The molecule has 1 aromatic heterocycles. The minimum atomic E-state index is -0.534. The summed E-state index contributed by atoms with van der Waals surface area (Å²) in [6.07, 6.45) is 5.05. The number of carbonyl (C=O) groups is 2. The molecule has 0 radical (unpaired) electrons. The molecule has 136 valence electrons. The van der Waals surface area contributed by atoms with E-state index in [1.54, 1.807) is 13.2 Å². The molecule has 1 aliphatic carbocycles. The van der Waals surface area contributed by atoms with Crippen LogP contribution < -0.4 is 15.8 Å². The molecule has 0 aromatic carbocycles. The van der Waals surface area contributed by atoms with Gasteiger partial charge >= 0.3 is 0 Å². The van der Waals surface area contributed by atoms with E-state index in [0.29, 0.717) is 36.0 Å². The molecule has 3 N–H and O–H groups in total. The molecule has 25 heavy (non-hydrogen) atoms. The Bertz CT molecular complexity index is 671. The Hall–Kier alpha value is -2.15. The maximum atomic E-state index is 12.8. The molecule has 1 aliphatic heterocycles. The Balaban J connectivity index is 1.78. The topological polar surface area (TPSA) is 97.6 Å². The molecular formula is C18H26N4O3. The molecule has 0 spiro atoms. The van der Waals surface area contributed by atoms with Gasteiger partial charge < -0.3 is 20.7 Å². The van der Waals surface area contributed by atoms with Crippen LogP contribution in [0.15, 0.2) is 6.07 Å². The maximum absolute atomic E-state index is 12.8. The quantitative estimate of drug-likeness (QED) is 0.810. The second-order valence-electron chi connectivity index (χ2n) is 6.75. The van der Waals surface area contributed by atoms with E-state index in [9.17, 15) is 9.59 Å². The van der Waals surface area contributed by atoms with Crippen molar-refractivity contribution in [1.82, 2.24) is 15.2 Å². The van der Waals surface area contributed by atoms with Crippen LogP contribution in [0.3, 0.4) is 0 Å². The lowest BCUT2D eigenvalue weighted by molar-refractivity contribution is -0.122. The van der Waals surface area contributed by atoms with Gasteiger partial charge in [-0.25, -0.2) is 4.98 Å². The van der Waals surface area contributed by atoms with Gasteiger partial charge in [0.1, 0.15) is 0 Å². The minimum absolute atomic E-state index is 0.0369. The number of ether oxygens (including phenoxy) is 1. The van der Waals surface area contributed by atoms with Crippen LogP contribution in [0, 0.1) is 0 Å². The fourth-order valence-electron chi connectivity index (χ4n) is 3.58. The van der Waals surface area contributed by atoms with E-state index < -0.39 is 6.04 Å². The predicted molar refractivity (Wildman–Crippen MR) is 93.0 cm³/mol.